The number of piperazine rings is 1. The number of nitrogens with zero attached hydrogens (tertiary/aromatic N) is 4. The normalized spacial score (nSPS) is 14.5. The molecule has 0 aliphatic carbocycles. The number of carbonyl (C=O) groups excluding carboxylic acids is 1. The lowest BCUT2D eigenvalue weighted by Gasteiger charge is -2.35. The van der Waals surface area contributed by atoms with Gasteiger partial charge in [0.15, 0.2) is 0 Å². The molecule has 2 heterocycles. The minimum Gasteiger partial charge on any atom is -0.497 e. The molecule has 4 rings (SSSR count). The Kier molecular flexibility index (Phi) is 5.99. The molecule has 1 N–H and O–H groups in total. The molecule has 0 saturated carbocycles. The zero-order chi connectivity index (χ0) is 20.9. The molecule has 7 nitrogen and oxygen atoms in total. The Morgan fingerprint density at radius 2 is 1.90 bits per heavy atom. The second-order valence-electron chi connectivity index (χ2n) is 7.48. The molecule has 1 amide bonds. The third-order valence-corrected chi connectivity index (χ3v) is 5.28. The van der Waals surface area contributed by atoms with Gasteiger partial charge in [0.25, 0.3) is 0 Å². The van der Waals surface area contributed by atoms with E-state index in [0.29, 0.717) is 6.54 Å². The van der Waals surface area contributed by atoms with Gasteiger partial charge in [-0.15, -0.1) is 0 Å². The molecule has 30 heavy (non-hydrogen) atoms. The van der Waals surface area contributed by atoms with Crippen LogP contribution < -0.4 is 15.0 Å². The van der Waals surface area contributed by atoms with Gasteiger partial charge in [-0.25, -0.2) is 4.98 Å². The Morgan fingerprint density at radius 3 is 2.67 bits per heavy atom. The van der Waals surface area contributed by atoms with Crippen molar-refractivity contribution >= 4 is 17.5 Å². The number of hydrogen-bond acceptors (Lipinski definition) is 5. The van der Waals surface area contributed by atoms with E-state index in [2.05, 4.69) is 24.7 Å². The van der Waals surface area contributed by atoms with E-state index in [0.717, 1.165) is 54.8 Å². The number of aromatic nitrogens is 2. The number of aryl methyl sites for hydroxylation is 1. The maximum Gasteiger partial charge on any atom is 0.238 e. The first-order chi connectivity index (χ1) is 14.6. The number of ether oxygens (including phenoxy) is 1. The van der Waals surface area contributed by atoms with Crippen molar-refractivity contribution in [2.24, 2.45) is 0 Å². The van der Waals surface area contributed by atoms with E-state index < -0.39 is 0 Å². The Balaban J connectivity index is 1.35. The van der Waals surface area contributed by atoms with Gasteiger partial charge in [-0.3, -0.25) is 14.3 Å². The third kappa shape index (κ3) is 4.63. The molecule has 7 heteroatoms. The molecule has 156 valence electrons. The fourth-order valence-corrected chi connectivity index (χ4v) is 3.72. The van der Waals surface area contributed by atoms with Gasteiger partial charge in [0.2, 0.25) is 11.9 Å². The lowest BCUT2D eigenvalue weighted by Crippen LogP contribution is -2.49. The molecular formula is C23H27N5O2. The number of hydrogen-bond donors (Lipinski definition) is 1. The van der Waals surface area contributed by atoms with Gasteiger partial charge in [0, 0.05) is 50.3 Å². The summed E-state index contributed by atoms with van der Waals surface area (Å²) in [5.74, 6) is 1.75. The van der Waals surface area contributed by atoms with E-state index in [4.69, 9.17) is 4.74 Å². The SMILES string of the molecule is COc1cccc(-n2ccnc2N2CCN(CC(=O)Nc3cccc(C)c3)CC2)c1. The maximum atomic E-state index is 12.4. The monoisotopic (exact) mass is 405 g/mol. The first-order valence-electron chi connectivity index (χ1n) is 10.1. The fraction of sp³-hybridized carbons (Fsp3) is 0.304. The van der Waals surface area contributed by atoms with Crippen LogP contribution in [0.2, 0.25) is 0 Å². The zero-order valence-electron chi connectivity index (χ0n) is 17.4. The van der Waals surface area contributed by atoms with Crippen LogP contribution in [0.5, 0.6) is 5.75 Å². The Bertz CT molecular complexity index is 1010. The summed E-state index contributed by atoms with van der Waals surface area (Å²) in [7, 11) is 1.67. The van der Waals surface area contributed by atoms with Crippen LogP contribution in [0.15, 0.2) is 60.9 Å². The van der Waals surface area contributed by atoms with Crippen molar-refractivity contribution in [3.05, 3.63) is 66.5 Å². The second-order valence-corrected chi connectivity index (χ2v) is 7.48. The van der Waals surface area contributed by atoms with E-state index in [9.17, 15) is 4.79 Å². The fourth-order valence-electron chi connectivity index (χ4n) is 3.72. The number of imidazole rings is 1. The number of amides is 1. The van der Waals surface area contributed by atoms with Gasteiger partial charge in [-0.1, -0.05) is 18.2 Å². The molecule has 0 radical (unpaired) electrons. The van der Waals surface area contributed by atoms with Crippen LogP contribution in [0.25, 0.3) is 5.69 Å². The molecule has 0 unspecified atom stereocenters. The minimum atomic E-state index is 0.0203. The van der Waals surface area contributed by atoms with Crippen molar-refractivity contribution in [3.63, 3.8) is 0 Å². The van der Waals surface area contributed by atoms with Crippen LogP contribution in [0.1, 0.15) is 5.56 Å². The van der Waals surface area contributed by atoms with Crippen LogP contribution in [0.3, 0.4) is 0 Å². The predicted octanol–water partition coefficient (Wildman–Crippen LogP) is 2.95. The highest BCUT2D eigenvalue weighted by Crippen LogP contribution is 2.22. The molecule has 1 saturated heterocycles. The maximum absolute atomic E-state index is 12.4. The van der Waals surface area contributed by atoms with E-state index in [-0.39, 0.29) is 5.91 Å². The van der Waals surface area contributed by atoms with Crippen molar-refractivity contribution in [1.82, 2.24) is 14.5 Å². The Labute approximate surface area is 176 Å². The van der Waals surface area contributed by atoms with Crippen LogP contribution in [0, 0.1) is 6.92 Å². The lowest BCUT2D eigenvalue weighted by molar-refractivity contribution is -0.117. The summed E-state index contributed by atoms with van der Waals surface area (Å²) in [6.45, 7) is 5.67. The van der Waals surface area contributed by atoms with Gasteiger partial charge < -0.3 is 15.0 Å². The first-order valence-corrected chi connectivity index (χ1v) is 10.1. The molecule has 1 fully saturated rings. The van der Waals surface area contributed by atoms with Crippen molar-refractivity contribution in [1.29, 1.82) is 0 Å². The number of anilines is 2. The number of benzene rings is 2. The molecule has 0 bridgehead atoms. The molecule has 0 atom stereocenters. The van der Waals surface area contributed by atoms with Gasteiger partial charge in [0.05, 0.1) is 19.3 Å². The zero-order valence-corrected chi connectivity index (χ0v) is 17.4. The molecule has 2 aromatic carbocycles. The average Bonchev–Trinajstić information content (AvgIpc) is 3.24. The molecule has 1 aliphatic rings. The Hall–Kier alpha value is -3.32. The van der Waals surface area contributed by atoms with Gasteiger partial charge in [-0.05, 0) is 36.8 Å². The standard InChI is InChI=1S/C23H27N5O2/c1-18-5-3-6-19(15-18)25-22(29)17-26-11-13-27(14-12-26)23-24-9-10-28(23)20-7-4-8-21(16-20)30-2/h3-10,15-16H,11-14,17H2,1-2H3,(H,25,29). The summed E-state index contributed by atoms with van der Waals surface area (Å²) in [5.41, 5.74) is 2.99. The number of methoxy groups -OCH3 is 1. The highest BCUT2D eigenvalue weighted by molar-refractivity contribution is 5.92. The number of carbonyl (C=O) groups is 1. The first kappa shape index (κ1) is 20.0. The minimum absolute atomic E-state index is 0.0203. The van der Waals surface area contributed by atoms with Crippen molar-refractivity contribution < 1.29 is 9.53 Å². The van der Waals surface area contributed by atoms with Gasteiger partial charge in [-0.2, -0.15) is 0 Å². The number of nitrogens with one attached hydrogen (secondary N) is 1. The van der Waals surface area contributed by atoms with E-state index in [1.54, 1.807) is 7.11 Å². The van der Waals surface area contributed by atoms with Crippen LogP contribution in [0.4, 0.5) is 11.6 Å². The molecule has 1 aromatic heterocycles. The summed E-state index contributed by atoms with van der Waals surface area (Å²) < 4.78 is 7.42. The second kappa shape index (κ2) is 9.00. The van der Waals surface area contributed by atoms with Crippen LogP contribution >= 0.6 is 0 Å². The van der Waals surface area contributed by atoms with Crippen LogP contribution in [-0.2, 0) is 4.79 Å². The molecular weight excluding hydrogens is 378 g/mol. The van der Waals surface area contributed by atoms with E-state index in [1.165, 1.54) is 0 Å². The predicted molar refractivity (Wildman–Crippen MR) is 119 cm³/mol. The van der Waals surface area contributed by atoms with E-state index >= 15 is 0 Å². The quantitative estimate of drug-likeness (QED) is 0.683. The molecule has 0 spiro atoms. The molecule has 3 aromatic rings. The number of rotatable bonds is 6. The van der Waals surface area contributed by atoms with Crippen molar-refractivity contribution in [2.75, 3.05) is 50.1 Å². The van der Waals surface area contributed by atoms with E-state index in [1.807, 2.05) is 67.8 Å². The highest BCUT2D eigenvalue weighted by atomic mass is 16.5. The topological polar surface area (TPSA) is 62.6 Å². The Morgan fingerprint density at radius 1 is 1.10 bits per heavy atom. The van der Waals surface area contributed by atoms with Gasteiger partial charge >= 0.3 is 0 Å². The third-order valence-electron chi connectivity index (χ3n) is 5.28. The summed E-state index contributed by atoms with van der Waals surface area (Å²) in [5, 5.41) is 2.99. The summed E-state index contributed by atoms with van der Waals surface area (Å²) >= 11 is 0. The van der Waals surface area contributed by atoms with Crippen molar-refractivity contribution in [3.8, 4) is 11.4 Å². The molecule has 1 aliphatic heterocycles. The summed E-state index contributed by atoms with van der Waals surface area (Å²) in [6.07, 6.45) is 3.78. The lowest BCUT2D eigenvalue weighted by atomic mass is 10.2. The van der Waals surface area contributed by atoms with Gasteiger partial charge in [0.1, 0.15) is 5.75 Å². The smallest absolute Gasteiger partial charge is 0.238 e. The largest absolute Gasteiger partial charge is 0.497 e. The average molecular weight is 406 g/mol. The summed E-state index contributed by atoms with van der Waals surface area (Å²) in [4.78, 5) is 21.4. The summed E-state index contributed by atoms with van der Waals surface area (Å²) in [6, 6.07) is 15.8. The van der Waals surface area contributed by atoms with Crippen LogP contribution in [-0.4, -0.2) is 60.2 Å². The highest BCUT2D eigenvalue weighted by Gasteiger charge is 2.22. The van der Waals surface area contributed by atoms with Crippen molar-refractivity contribution in [2.45, 2.75) is 6.92 Å².